The van der Waals surface area contributed by atoms with E-state index >= 15 is 0 Å². The highest BCUT2D eigenvalue weighted by molar-refractivity contribution is 7.09. The molecule has 0 aliphatic carbocycles. The average molecular weight is 309 g/mol. The molecular formula is C15H17ClN2OS. The highest BCUT2D eigenvalue weighted by Gasteiger charge is 2.07. The number of hydrogen-bond acceptors (Lipinski definition) is 3. The van der Waals surface area contributed by atoms with Crippen molar-refractivity contribution in [1.82, 2.24) is 10.3 Å². The fourth-order valence-corrected chi connectivity index (χ4v) is 2.67. The lowest BCUT2D eigenvalue weighted by Crippen LogP contribution is -2.24. The van der Waals surface area contributed by atoms with Crippen LogP contribution in [0, 0.1) is 0 Å². The first-order valence-corrected chi connectivity index (χ1v) is 7.76. The number of rotatable bonds is 5. The third kappa shape index (κ3) is 4.32. The number of amides is 1. The van der Waals surface area contributed by atoms with E-state index in [9.17, 15) is 4.79 Å². The van der Waals surface area contributed by atoms with Crippen molar-refractivity contribution in [2.24, 2.45) is 0 Å². The van der Waals surface area contributed by atoms with Gasteiger partial charge in [-0.25, -0.2) is 4.98 Å². The van der Waals surface area contributed by atoms with E-state index in [2.05, 4.69) is 24.1 Å². The zero-order valence-corrected chi connectivity index (χ0v) is 13.1. The summed E-state index contributed by atoms with van der Waals surface area (Å²) in [5.41, 5.74) is 1.87. The maximum absolute atomic E-state index is 11.8. The summed E-state index contributed by atoms with van der Waals surface area (Å²) in [6, 6.07) is 7.31. The van der Waals surface area contributed by atoms with Crippen molar-refractivity contribution in [3.8, 4) is 0 Å². The molecule has 106 valence electrons. The topological polar surface area (TPSA) is 42.0 Å². The van der Waals surface area contributed by atoms with Crippen molar-refractivity contribution in [3.63, 3.8) is 0 Å². The number of aromatic nitrogens is 1. The molecule has 0 bridgehead atoms. The Morgan fingerprint density at radius 2 is 2.05 bits per heavy atom. The van der Waals surface area contributed by atoms with Gasteiger partial charge in [-0.2, -0.15) is 0 Å². The summed E-state index contributed by atoms with van der Waals surface area (Å²) in [6.45, 7) is 4.71. The Balaban J connectivity index is 1.84. The number of nitrogens with one attached hydrogen (secondary N) is 1. The van der Waals surface area contributed by atoms with Gasteiger partial charge < -0.3 is 5.32 Å². The van der Waals surface area contributed by atoms with Crippen LogP contribution in [0.25, 0.3) is 0 Å². The van der Waals surface area contributed by atoms with Crippen molar-refractivity contribution in [2.45, 2.75) is 32.7 Å². The number of carbonyl (C=O) groups excluding carboxylic acids is 1. The maximum Gasteiger partial charge on any atom is 0.224 e. The number of thiazole rings is 1. The molecule has 0 atom stereocenters. The molecule has 0 spiro atoms. The molecule has 1 amide bonds. The second kappa shape index (κ2) is 6.86. The van der Waals surface area contributed by atoms with Crippen LogP contribution in [0.4, 0.5) is 0 Å². The molecule has 1 N–H and O–H groups in total. The molecule has 0 aliphatic heterocycles. The first-order chi connectivity index (χ1) is 9.54. The number of halogens is 1. The van der Waals surface area contributed by atoms with Crippen LogP contribution in [-0.4, -0.2) is 10.9 Å². The smallest absolute Gasteiger partial charge is 0.224 e. The summed E-state index contributed by atoms with van der Waals surface area (Å²) in [7, 11) is 0. The molecule has 0 radical (unpaired) electrons. The quantitative estimate of drug-likeness (QED) is 0.913. The number of hydrogen-bond donors (Lipinski definition) is 1. The summed E-state index contributed by atoms with van der Waals surface area (Å²) in [6.07, 6.45) is 0.359. The molecule has 0 fully saturated rings. The van der Waals surface area contributed by atoms with E-state index in [0.717, 1.165) is 16.3 Å². The zero-order chi connectivity index (χ0) is 14.5. The second-order valence-corrected chi connectivity index (χ2v) is 6.24. The van der Waals surface area contributed by atoms with E-state index in [4.69, 9.17) is 11.6 Å². The molecule has 0 aliphatic rings. The number of benzene rings is 1. The Bertz CT molecular complexity index is 578. The van der Waals surface area contributed by atoms with Gasteiger partial charge in [0.1, 0.15) is 0 Å². The van der Waals surface area contributed by atoms with Crippen molar-refractivity contribution in [3.05, 3.63) is 50.9 Å². The predicted molar refractivity (Wildman–Crippen MR) is 83.2 cm³/mol. The van der Waals surface area contributed by atoms with Crippen LogP contribution in [0.15, 0.2) is 29.6 Å². The third-order valence-electron chi connectivity index (χ3n) is 2.81. The van der Waals surface area contributed by atoms with Gasteiger partial charge in [-0.3, -0.25) is 4.79 Å². The molecule has 20 heavy (non-hydrogen) atoms. The van der Waals surface area contributed by atoms with Crippen molar-refractivity contribution in [2.75, 3.05) is 0 Å². The predicted octanol–water partition coefficient (Wildman–Crippen LogP) is 3.78. The lowest BCUT2D eigenvalue weighted by Gasteiger charge is -2.04. The molecular weight excluding hydrogens is 292 g/mol. The van der Waals surface area contributed by atoms with Crippen LogP contribution >= 0.6 is 22.9 Å². The molecule has 3 nitrogen and oxygen atoms in total. The van der Waals surface area contributed by atoms with Crippen molar-refractivity contribution < 1.29 is 4.79 Å². The minimum Gasteiger partial charge on any atom is -0.350 e. The SMILES string of the molecule is CC(C)c1nc(CNC(=O)Cc2ccc(Cl)cc2)cs1. The Morgan fingerprint density at radius 3 is 2.65 bits per heavy atom. The van der Waals surface area contributed by atoms with Gasteiger partial charge in [0.25, 0.3) is 0 Å². The van der Waals surface area contributed by atoms with Gasteiger partial charge in [0, 0.05) is 16.3 Å². The molecule has 2 rings (SSSR count). The van der Waals surface area contributed by atoms with E-state index in [0.29, 0.717) is 23.9 Å². The first kappa shape index (κ1) is 15.0. The standard InChI is InChI=1S/C15H17ClN2OS/c1-10(2)15-18-13(9-20-15)8-17-14(19)7-11-3-5-12(16)6-4-11/h3-6,9-10H,7-8H2,1-2H3,(H,17,19). The highest BCUT2D eigenvalue weighted by atomic mass is 35.5. The molecule has 1 heterocycles. The Morgan fingerprint density at radius 1 is 1.35 bits per heavy atom. The van der Waals surface area contributed by atoms with Crippen LogP contribution in [0.1, 0.15) is 36.0 Å². The van der Waals surface area contributed by atoms with Crippen LogP contribution in [0.2, 0.25) is 5.02 Å². The first-order valence-electron chi connectivity index (χ1n) is 6.50. The van der Waals surface area contributed by atoms with Gasteiger partial charge in [-0.05, 0) is 17.7 Å². The minimum atomic E-state index is -0.00795. The molecule has 0 unspecified atom stereocenters. The summed E-state index contributed by atoms with van der Waals surface area (Å²) in [4.78, 5) is 16.3. The second-order valence-electron chi connectivity index (χ2n) is 4.91. The van der Waals surface area contributed by atoms with E-state index < -0.39 is 0 Å². The Labute approximate surface area is 128 Å². The Kier molecular flexibility index (Phi) is 5.15. The van der Waals surface area contributed by atoms with Crippen molar-refractivity contribution in [1.29, 1.82) is 0 Å². The normalized spacial score (nSPS) is 10.8. The van der Waals surface area contributed by atoms with Crippen LogP contribution in [0.5, 0.6) is 0 Å². The minimum absolute atomic E-state index is 0.00795. The molecule has 1 aromatic heterocycles. The van der Waals surface area contributed by atoms with E-state index in [1.165, 1.54) is 0 Å². The van der Waals surface area contributed by atoms with Crippen LogP contribution in [0.3, 0.4) is 0 Å². The Hall–Kier alpha value is -1.39. The molecule has 0 saturated carbocycles. The highest BCUT2D eigenvalue weighted by Crippen LogP contribution is 2.19. The van der Waals surface area contributed by atoms with Gasteiger partial charge in [0.15, 0.2) is 0 Å². The largest absolute Gasteiger partial charge is 0.350 e. The molecule has 5 heteroatoms. The lowest BCUT2D eigenvalue weighted by molar-refractivity contribution is -0.120. The van der Waals surface area contributed by atoms with E-state index in [-0.39, 0.29) is 5.91 Å². The van der Waals surface area contributed by atoms with Crippen LogP contribution in [-0.2, 0) is 17.8 Å². The van der Waals surface area contributed by atoms with E-state index in [1.807, 2.05) is 17.5 Å². The lowest BCUT2D eigenvalue weighted by atomic mass is 10.1. The van der Waals surface area contributed by atoms with E-state index in [1.54, 1.807) is 23.5 Å². The molecule has 0 saturated heterocycles. The van der Waals surface area contributed by atoms with Gasteiger partial charge in [-0.1, -0.05) is 37.6 Å². The summed E-state index contributed by atoms with van der Waals surface area (Å²) in [5.74, 6) is 0.421. The number of carbonyl (C=O) groups is 1. The monoisotopic (exact) mass is 308 g/mol. The summed E-state index contributed by atoms with van der Waals surface area (Å²) in [5, 5.41) is 6.67. The van der Waals surface area contributed by atoms with Gasteiger partial charge in [0.05, 0.1) is 23.7 Å². The summed E-state index contributed by atoms with van der Waals surface area (Å²) < 4.78 is 0. The summed E-state index contributed by atoms with van der Waals surface area (Å²) >= 11 is 7.45. The molecule has 2 aromatic rings. The van der Waals surface area contributed by atoms with Gasteiger partial charge >= 0.3 is 0 Å². The third-order valence-corrected chi connectivity index (χ3v) is 4.25. The van der Waals surface area contributed by atoms with Crippen LogP contribution < -0.4 is 5.32 Å². The average Bonchev–Trinajstić information content (AvgIpc) is 2.88. The fourth-order valence-electron chi connectivity index (χ4n) is 1.71. The maximum atomic E-state index is 11.8. The number of nitrogens with zero attached hydrogens (tertiary/aromatic N) is 1. The van der Waals surface area contributed by atoms with Gasteiger partial charge in [0.2, 0.25) is 5.91 Å². The van der Waals surface area contributed by atoms with Gasteiger partial charge in [-0.15, -0.1) is 11.3 Å². The zero-order valence-electron chi connectivity index (χ0n) is 11.5. The molecule has 1 aromatic carbocycles. The fraction of sp³-hybridized carbons (Fsp3) is 0.333. The van der Waals surface area contributed by atoms with Crippen molar-refractivity contribution >= 4 is 28.8 Å².